The molecule has 0 N–H and O–H groups in total. The maximum absolute atomic E-state index is 4.98. The van der Waals surface area contributed by atoms with Crippen LogP contribution in [0.4, 0.5) is 17.1 Å². The smallest absolute Gasteiger partial charge is 0.182 e. The van der Waals surface area contributed by atoms with E-state index in [1.165, 1.54) is 0 Å². The molecule has 0 radical (unpaired) electrons. The Morgan fingerprint density at radius 3 is 1.68 bits per heavy atom. The molecule has 0 aliphatic carbocycles. The van der Waals surface area contributed by atoms with Gasteiger partial charge < -0.3 is 4.90 Å². The van der Waals surface area contributed by atoms with Crippen LogP contribution in [0.5, 0.6) is 0 Å². The second kappa shape index (κ2) is 9.02. The van der Waals surface area contributed by atoms with Gasteiger partial charge in [0.25, 0.3) is 0 Å². The Kier molecular flexibility index (Phi) is 5.22. The molecule has 5 aromatic carbocycles. The molecule has 0 bridgehead atoms. The number of anilines is 3. The van der Waals surface area contributed by atoms with Crippen LogP contribution in [0.1, 0.15) is 11.1 Å². The van der Waals surface area contributed by atoms with Crippen molar-refractivity contribution in [3.05, 3.63) is 151 Å². The van der Waals surface area contributed by atoms with E-state index in [0.717, 1.165) is 56.4 Å². The van der Waals surface area contributed by atoms with Gasteiger partial charge in [-0.2, -0.15) is 0 Å². The first-order chi connectivity index (χ1) is 18.8. The first kappa shape index (κ1) is 22.0. The Bertz CT molecular complexity index is 1720. The van der Waals surface area contributed by atoms with Crippen LogP contribution in [-0.4, -0.2) is 14.8 Å². The zero-order valence-corrected chi connectivity index (χ0v) is 20.7. The van der Waals surface area contributed by atoms with E-state index in [-0.39, 0.29) is 0 Å². The third kappa shape index (κ3) is 3.62. The standard InChI is InChI=1S/C34H24N4/c1-24-29-16-8-10-18-31(29)37(32-19-11-9-17-30(24)32)27-22-20-26(21-23-27)34-35-33(25-12-4-2-5-13-25)36-38(34)28-14-6-3-7-15-28/h2-23H,1H2. The number of aromatic nitrogens is 3. The maximum Gasteiger partial charge on any atom is 0.182 e. The Hall–Kier alpha value is -5.22. The lowest BCUT2D eigenvalue weighted by atomic mass is 9.91. The van der Waals surface area contributed by atoms with Gasteiger partial charge in [0.2, 0.25) is 0 Å². The summed E-state index contributed by atoms with van der Waals surface area (Å²) in [6, 6.07) is 45.7. The average molecular weight is 489 g/mol. The van der Waals surface area contributed by atoms with Gasteiger partial charge in [0.05, 0.1) is 17.1 Å². The van der Waals surface area contributed by atoms with Crippen LogP contribution in [0, 0.1) is 0 Å². The molecular weight excluding hydrogens is 464 g/mol. The molecule has 2 heterocycles. The predicted molar refractivity (Wildman–Crippen MR) is 155 cm³/mol. The minimum absolute atomic E-state index is 0.700. The van der Waals surface area contributed by atoms with Crippen LogP contribution in [0.25, 0.3) is 34.0 Å². The number of nitrogens with zero attached hydrogens (tertiary/aromatic N) is 4. The predicted octanol–water partition coefficient (Wildman–Crippen LogP) is 8.45. The average Bonchev–Trinajstić information content (AvgIpc) is 3.44. The minimum atomic E-state index is 0.700. The molecule has 38 heavy (non-hydrogen) atoms. The summed E-state index contributed by atoms with van der Waals surface area (Å²) >= 11 is 0. The highest BCUT2D eigenvalue weighted by Crippen LogP contribution is 2.48. The summed E-state index contributed by atoms with van der Waals surface area (Å²) in [7, 11) is 0. The molecule has 0 fully saturated rings. The molecule has 4 heteroatoms. The SMILES string of the molecule is C=C1c2ccccc2N(c2ccc(-c3nc(-c4ccccc4)nn3-c3ccccc3)cc2)c2ccccc21. The highest BCUT2D eigenvalue weighted by molar-refractivity contribution is 6.00. The van der Waals surface area contributed by atoms with Crippen molar-refractivity contribution >= 4 is 22.6 Å². The van der Waals surface area contributed by atoms with E-state index in [1.54, 1.807) is 0 Å². The molecule has 0 spiro atoms. The fourth-order valence-electron chi connectivity index (χ4n) is 5.12. The third-order valence-corrected chi connectivity index (χ3v) is 6.96. The number of hydrogen-bond acceptors (Lipinski definition) is 3. The molecular formula is C34H24N4. The summed E-state index contributed by atoms with van der Waals surface area (Å²) in [5.74, 6) is 1.50. The monoisotopic (exact) mass is 488 g/mol. The highest BCUT2D eigenvalue weighted by atomic mass is 15.4. The van der Waals surface area contributed by atoms with Crippen molar-refractivity contribution < 1.29 is 0 Å². The maximum atomic E-state index is 4.98. The minimum Gasteiger partial charge on any atom is -0.309 e. The summed E-state index contributed by atoms with van der Waals surface area (Å²) in [6.07, 6.45) is 0. The Morgan fingerprint density at radius 2 is 1.05 bits per heavy atom. The number of para-hydroxylation sites is 3. The van der Waals surface area contributed by atoms with Crippen LogP contribution in [0.15, 0.2) is 140 Å². The van der Waals surface area contributed by atoms with Crippen LogP contribution >= 0.6 is 0 Å². The summed E-state index contributed by atoms with van der Waals surface area (Å²) in [5, 5.41) is 4.89. The summed E-state index contributed by atoms with van der Waals surface area (Å²) in [6.45, 7) is 4.40. The Morgan fingerprint density at radius 1 is 0.500 bits per heavy atom. The molecule has 0 saturated carbocycles. The van der Waals surface area contributed by atoms with Gasteiger partial charge >= 0.3 is 0 Å². The van der Waals surface area contributed by atoms with E-state index >= 15 is 0 Å². The van der Waals surface area contributed by atoms with E-state index in [1.807, 2.05) is 53.2 Å². The lowest BCUT2D eigenvalue weighted by Crippen LogP contribution is -2.17. The molecule has 0 saturated heterocycles. The molecule has 4 nitrogen and oxygen atoms in total. The van der Waals surface area contributed by atoms with E-state index in [2.05, 4.69) is 96.4 Å². The first-order valence-corrected chi connectivity index (χ1v) is 12.6. The van der Waals surface area contributed by atoms with Crippen molar-refractivity contribution in [3.8, 4) is 28.5 Å². The van der Waals surface area contributed by atoms with Crippen LogP contribution < -0.4 is 4.90 Å². The lowest BCUT2D eigenvalue weighted by molar-refractivity contribution is 0.890. The first-order valence-electron chi connectivity index (χ1n) is 12.6. The largest absolute Gasteiger partial charge is 0.309 e. The van der Waals surface area contributed by atoms with E-state index in [4.69, 9.17) is 10.1 Å². The van der Waals surface area contributed by atoms with E-state index in [0.29, 0.717) is 5.82 Å². The van der Waals surface area contributed by atoms with Gasteiger partial charge in [-0.3, -0.25) is 0 Å². The van der Waals surface area contributed by atoms with Gasteiger partial charge in [-0.05, 0) is 54.1 Å². The zero-order valence-electron chi connectivity index (χ0n) is 20.7. The fraction of sp³-hybridized carbons (Fsp3) is 0. The van der Waals surface area contributed by atoms with Crippen molar-refractivity contribution in [2.75, 3.05) is 4.90 Å². The summed E-state index contributed by atoms with van der Waals surface area (Å²) in [4.78, 5) is 7.28. The van der Waals surface area contributed by atoms with Crippen molar-refractivity contribution in [3.63, 3.8) is 0 Å². The molecule has 7 rings (SSSR count). The summed E-state index contributed by atoms with van der Waals surface area (Å²) < 4.78 is 1.92. The second-order valence-corrected chi connectivity index (χ2v) is 9.27. The lowest BCUT2D eigenvalue weighted by Gasteiger charge is -2.34. The molecule has 1 aliphatic heterocycles. The van der Waals surface area contributed by atoms with Gasteiger partial charge in [-0.15, -0.1) is 5.10 Å². The van der Waals surface area contributed by atoms with Crippen molar-refractivity contribution in [2.24, 2.45) is 0 Å². The topological polar surface area (TPSA) is 34.0 Å². The number of benzene rings is 5. The molecule has 0 amide bonds. The molecule has 1 aliphatic rings. The highest BCUT2D eigenvalue weighted by Gasteiger charge is 2.26. The number of rotatable bonds is 4. The second-order valence-electron chi connectivity index (χ2n) is 9.27. The van der Waals surface area contributed by atoms with Crippen molar-refractivity contribution in [1.29, 1.82) is 0 Å². The van der Waals surface area contributed by atoms with E-state index in [9.17, 15) is 0 Å². The van der Waals surface area contributed by atoms with Gasteiger partial charge in [0, 0.05) is 27.9 Å². The van der Waals surface area contributed by atoms with Crippen LogP contribution in [-0.2, 0) is 0 Å². The third-order valence-electron chi connectivity index (χ3n) is 6.96. The normalized spacial score (nSPS) is 12.2. The van der Waals surface area contributed by atoms with Gasteiger partial charge in [-0.1, -0.05) is 91.5 Å². The van der Waals surface area contributed by atoms with Crippen LogP contribution in [0.3, 0.4) is 0 Å². The number of hydrogen-bond donors (Lipinski definition) is 0. The van der Waals surface area contributed by atoms with Crippen LogP contribution in [0.2, 0.25) is 0 Å². The van der Waals surface area contributed by atoms with Crippen molar-refractivity contribution in [1.82, 2.24) is 14.8 Å². The van der Waals surface area contributed by atoms with Gasteiger partial charge in [0.1, 0.15) is 0 Å². The number of fused-ring (bicyclic) bond motifs is 2. The fourth-order valence-corrected chi connectivity index (χ4v) is 5.12. The molecule has 0 unspecified atom stereocenters. The van der Waals surface area contributed by atoms with Gasteiger partial charge in [0.15, 0.2) is 11.6 Å². The molecule has 180 valence electrons. The van der Waals surface area contributed by atoms with Crippen molar-refractivity contribution in [2.45, 2.75) is 0 Å². The molecule has 0 atom stereocenters. The quantitative estimate of drug-likeness (QED) is 0.249. The van der Waals surface area contributed by atoms with E-state index < -0.39 is 0 Å². The molecule has 1 aromatic heterocycles. The Labute approximate surface area is 221 Å². The summed E-state index contributed by atoms with van der Waals surface area (Å²) in [5.41, 5.74) is 9.63. The van der Waals surface area contributed by atoms with Gasteiger partial charge in [-0.25, -0.2) is 9.67 Å². The Balaban J connectivity index is 1.34. The molecule has 6 aromatic rings. The zero-order chi connectivity index (χ0) is 25.5.